The number of benzene rings is 1. The van der Waals surface area contributed by atoms with Gasteiger partial charge in [0.15, 0.2) is 6.04 Å². The summed E-state index contributed by atoms with van der Waals surface area (Å²) in [5.41, 5.74) is 1.08. The van der Waals surface area contributed by atoms with Crippen LogP contribution < -0.4 is 4.90 Å². The smallest absolute Gasteiger partial charge is 0.153 e. The second-order valence-electron chi connectivity index (χ2n) is 4.48. The van der Waals surface area contributed by atoms with Gasteiger partial charge in [-0.15, -0.1) is 6.58 Å². The van der Waals surface area contributed by atoms with E-state index >= 15 is 0 Å². The molecule has 1 saturated heterocycles. The number of ether oxygens (including phenoxy) is 1. The summed E-state index contributed by atoms with van der Waals surface area (Å²) in [7, 11) is 0. The predicted molar refractivity (Wildman–Crippen MR) is 73.4 cm³/mol. The van der Waals surface area contributed by atoms with Gasteiger partial charge in [0.05, 0.1) is 13.2 Å². The van der Waals surface area contributed by atoms with Crippen molar-refractivity contribution in [3.05, 3.63) is 48.6 Å². The molecular weight excluding hydrogens is 222 g/mol. The Morgan fingerprint density at radius 3 is 2.67 bits per heavy atom. The third-order valence-electron chi connectivity index (χ3n) is 3.19. The molecule has 1 N–H and O–H groups in total. The number of rotatable bonds is 3. The first kappa shape index (κ1) is 12.9. The van der Waals surface area contributed by atoms with Gasteiger partial charge in [0, 0.05) is 12.0 Å². The van der Waals surface area contributed by atoms with Crippen molar-refractivity contribution in [1.82, 2.24) is 0 Å². The summed E-state index contributed by atoms with van der Waals surface area (Å²) in [5.74, 6) is 6.66. The van der Waals surface area contributed by atoms with Crippen LogP contribution in [0.3, 0.4) is 0 Å². The highest BCUT2D eigenvalue weighted by atomic mass is 16.5. The molecule has 0 saturated carbocycles. The molecule has 2 nitrogen and oxygen atoms in total. The molecule has 2 heteroatoms. The first-order valence-corrected chi connectivity index (χ1v) is 6.50. The van der Waals surface area contributed by atoms with Crippen molar-refractivity contribution in [2.45, 2.75) is 12.5 Å². The maximum Gasteiger partial charge on any atom is 0.153 e. The van der Waals surface area contributed by atoms with Crippen LogP contribution in [0.15, 0.2) is 43.0 Å². The molecular formula is C16H20NO+. The number of hydrogen-bond acceptors (Lipinski definition) is 1. The second-order valence-corrected chi connectivity index (χ2v) is 4.48. The van der Waals surface area contributed by atoms with Crippen molar-refractivity contribution in [3.63, 3.8) is 0 Å². The largest absolute Gasteiger partial charge is 0.370 e. The summed E-state index contributed by atoms with van der Waals surface area (Å²) in [5, 5.41) is 0. The van der Waals surface area contributed by atoms with Crippen molar-refractivity contribution in [2.75, 3.05) is 26.3 Å². The number of morpholine rings is 1. The van der Waals surface area contributed by atoms with Gasteiger partial charge in [-0.2, -0.15) is 0 Å². The van der Waals surface area contributed by atoms with Crippen LogP contribution in [0.2, 0.25) is 0 Å². The summed E-state index contributed by atoms with van der Waals surface area (Å²) >= 11 is 0. The van der Waals surface area contributed by atoms with E-state index < -0.39 is 0 Å². The standard InChI is InChI=1S/C16H19NO/c1-2-6-16(17-11-13-18-14-12-17)10-9-15-7-4-3-5-8-15/h2-5,7-8,16H,1,6,11-14H2/p+1/t16-/m0/s1. The molecule has 0 aliphatic carbocycles. The van der Waals surface area contributed by atoms with E-state index in [1.165, 1.54) is 4.90 Å². The molecule has 0 unspecified atom stereocenters. The molecule has 0 bridgehead atoms. The minimum Gasteiger partial charge on any atom is -0.370 e. The van der Waals surface area contributed by atoms with Crippen LogP contribution in [0, 0.1) is 11.8 Å². The number of quaternary nitrogens is 1. The van der Waals surface area contributed by atoms with E-state index in [2.05, 4.69) is 18.4 Å². The molecule has 1 aromatic carbocycles. The molecule has 1 aliphatic heterocycles. The molecule has 1 heterocycles. The first-order valence-electron chi connectivity index (χ1n) is 6.50. The van der Waals surface area contributed by atoms with Crippen LogP contribution in [0.5, 0.6) is 0 Å². The van der Waals surface area contributed by atoms with Gasteiger partial charge in [0.25, 0.3) is 0 Å². The van der Waals surface area contributed by atoms with Gasteiger partial charge < -0.3 is 9.64 Å². The zero-order valence-corrected chi connectivity index (χ0v) is 10.7. The van der Waals surface area contributed by atoms with E-state index in [4.69, 9.17) is 4.74 Å². The van der Waals surface area contributed by atoms with E-state index in [-0.39, 0.29) is 0 Å². The minimum atomic E-state index is 0.339. The van der Waals surface area contributed by atoms with Gasteiger partial charge in [-0.25, -0.2) is 0 Å². The predicted octanol–water partition coefficient (Wildman–Crippen LogP) is 0.898. The molecule has 1 aliphatic rings. The van der Waals surface area contributed by atoms with Crippen molar-refractivity contribution >= 4 is 0 Å². The summed E-state index contributed by atoms with van der Waals surface area (Å²) in [4.78, 5) is 1.52. The summed E-state index contributed by atoms with van der Waals surface area (Å²) in [6.45, 7) is 7.61. The van der Waals surface area contributed by atoms with Crippen molar-refractivity contribution in [2.24, 2.45) is 0 Å². The van der Waals surface area contributed by atoms with E-state index in [0.29, 0.717) is 6.04 Å². The van der Waals surface area contributed by atoms with E-state index in [1.54, 1.807) is 0 Å². The number of nitrogens with one attached hydrogen (secondary N) is 1. The zero-order chi connectivity index (χ0) is 12.6. The third-order valence-corrected chi connectivity index (χ3v) is 3.19. The first-order chi connectivity index (χ1) is 8.90. The van der Waals surface area contributed by atoms with Gasteiger partial charge in [-0.05, 0) is 18.1 Å². The Morgan fingerprint density at radius 1 is 1.28 bits per heavy atom. The Labute approximate surface area is 109 Å². The fourth-order valence-corrected chi connectivity index (χ4v) is 2.17. The quantitative estimate of drug-likeness (QED) is 0.614. The molecule has 94 valence electrons. The highest BCUT2D eigenvalue weighted by Crippen LogP contribution is 1.96. The van der Waals surface area contributed by atoms with Gasteiger partial charge in [-0.3, -0.25) is 0 Å². The lowest BCUT2D eigenvalue weighted by Crippen LogP contribution is -3.17. The highest BCUT2D eigenvalue weighted by Gasteiger charge is 2.21. The van der Waals surface area contributed by atoms with Gasteiger partial charge in [-0.1, -0.05) is 30.2 Å². The molecule has 0 aromatic heterocycles. The Morgan fingerprint density at radius 2 is 2.00 bits per heavy atom. The Kier molecular flexibility index (Phi) is 5.01. The Balaban J connectivity index is 2.06. The van der Waals surface area contributed by atoms with E-state index in [9.17, 15) is 0 Å². The van der Waals surface area contributed by atoms with Gasteiger partial charge in [0.1, 0.15) is 13.1 Å². The molecule has 0 amide bonds. The number of hydrogen-bond donors (Lipinski definition) is 1. The van der Waals surface area contributed by atoms with Crippen molar-refractivity contribution < 1.29 is 9.64 Å². The molecule has 1 fully saturated rings. The van der Waals surface area contributed by atoms with Crippen LogP contribution in [-0.2, 0) is 4.74 Å². The van der Waals surface area contributed by atoms with Crippen LogP contribution >= 0.6 is 0 Å². The van der Waals surface area contributed by atoms with Crippen LogP contribution in [-0.4, -0.2) is 32.3 Å². The average Bonchev–Trinajstić information content (AvgIpc) is 2.45. The minimum absolute atomic E-state index is 0.339. The average molecular weight is 242 g/mol. The molecule has 2 rings (SSSR count). The normalized spacial score (nSPS) is 17.6. The molecule has 0 radical (unpaired) electrons. The molecule has 0 spiro atoms. The SMILES string of the molecule is C=CC[C@@H](C#Cc1ccccc1)[NH+]1CCOCC1. The van der Waals surface area contributed by atoms with E-state index in [1.807, 2.05) is 36.4 Å². The van der Waals surface area contributed by atoms with Crippen LogP contribution in [0.1, 0.15) is 12.0 Å². The van der Waals surface area contributed by atoms with Crippen LogP contribution in [0.25, 0.3) is 0 Å². The Bertz CT molecular complexity index is 423. The third kappa shape index (κ3) is 3.73. The maximum atomic E-state index is 5.40. The summed E-state index contributed by atoms with van der Waals surface area (Å²) in [6, 6.07) is 10.5. The fraction of sp³-hybridized carbons (Fsp3) is 0.375. The van der Waals surface area contributed by atoms with Crippen molar-refractivity contribution in [3.8, 4) is 11.8 Å². The topological polar surface area (TPSA) is 13.7 Å². The van der Waals surface area contributed by atoms with E-state index in [0.717, 1.165) is 38.3 Å². The lowest BCUT2D eigenvalue weighted by molar-refractivity contribution is -0.924. The monoisotopic (exact) mass is 242 g/mol. The van der Waals surface area contributed by atoms with Gasteiger partial charge in [0.2, 0.25) is 0 Å². The lowest BCUT2D eigenvalue weighted by Gasteiger charge is -2.27. The fourth-order valence-electron chi connectivity index (χ4n) is 2.17. The van der Waals surface area contributed by atoms with Crippen LogP contribution in [0.4, 0.5) is 0 Å². The molecule has 1 atom stereocenters. The van der Waals surface area contributed by atoms with Gasteiger partial charge >= 0.3 is 0 Å². The molecule has 1 aromatic rings. The summed E-state index contributed by atoms with van der Waals surface area (Å²) in [6.07, 6.45) is 2.90. The second kappa shape index (κ2) is 7.00. The summed E-state index contributed by atoms with van der Waals surface area (Å²) < 4.78 is 5.40. The molecule has 18 heavy (non-hydrogen) atoms. The maximum absolute atomic E-state index is 5.40. The zero-order valence-electron chi connectivity index (χ0n) is 10.7. The highest BCUT2D eigenvalue weighted by molar-refractivity contribution is 5.34. The Hall–Kier alpha value is -1.56. The van der Waals surface area contributed by atoms with Crippen molar-refractivity contribution in [1.29, 1.82) is 0 Å². The lowest BCUT2D eigenvalue weighted by atomic mass is 10.1.